The molecule has 1 saturated heterocycles. The lowest BCUT2D eigenvalue weighted by atomic mass is 9.51. The van der Waals surface area contributed by atoms with Crippen LogP contribution in [0.1, 0.15) is 67.4 Å². The molecule has 154 valence electrons. The molecule has 1 aromatic carbocycles. The SMILES string of the molecule is COc1cc(C(C)S)c2c(c1O)[C@]13CCN(CC4CC4)[C@H](C2)[C@@H]1CC[C@H](O)C3. The smallest absolute Gasteiger partial charge is 0.161 e. The zero-order valence-electron chi connectivity index (χ0n) is 17.0. The van der Waals surface area contributed by atoms with Gasteiger partial charge in [-0.05, 0) is 87.4 Å². The zero-order valence-corrected chi connectivity index (χ0v) is 17.9. The first-order chi connectivity index (χ1) is 13.4. The first-order valence-electron chi connectivity index (χ1n) is 11.0. The second-order valence-electron chi connectivity index (χ2n) is 9.70. The molecule has 28 heavy (non-hydrogen) atoms. The molecular formula is C23H33NO3S. The van der Waals surface area contributed by atoms with Gasteiger partial charge in [-0.25, -0.2) is 0 Å². The number of aliphatic hydroxyl groups excluding tert-OH is 1. The lowest BCUT2D eigenvalue weighted by molar-refractivity contribution is -0.0505. The topological polar surface area (TPSA) is 52.9 Å². The third kappa shape index (κ3) is 2.80. The van der Waals surface area contributed by atoms with Crippen LogP contribution in [-0.2, 0) is 11.8 Å². The summed E-state index contributed by atoms with van der Waals surface area (Å²) in [5.41, 5.74) is 3.40. The van der Waals surface area contributed by atoms with E-state index < -0.39 is 0 Å². The Hall–Kier alpha value is -0.910. The van der Waals surface area contributed by atoms with E-state index in [0.29, 0.717) is 23.5 Å². The summed E-state index contributed by atoms with van der Waals surface area (Å²) in [4.78, 5) is 2.75. The van der Waals surface area contributed by atoms with Crippen LogP contribution in [0.3, 0.4) is 0 Å². The van der Waals surface area contributed by atoms with E-state index in [2.05, 4.69) is 11.8 Å². The van der Waals surface area contributed by atoms with Crippen LogP contribution in [-0.4, -0.2) is 47.5 Å². The van der Waals surface area contributed by atoms with Crippen LogP contribution in [0.4, 0.5) is 0 Å². The molecule has 1 aliphatic heterocycles. The average molecular weight is 404 g/mol. The van der Waals surface area contributed by atoms with Crippen molar-refractivity contribution in [3.8, 4) is 11.5 Å². The molecule has 1 heterocycles. The van der Waals surface area contributed by atoms with Gasteiger partial charge in [-0.15, -0.1) is 0 Å². The summed E-state index contributed by atoms with van der Waals surface area (Å²) in [6.45, 7) is 4.40. The number of piperidine rings is 1. The van der Waals surface area contributed by atoms with Gasteiger partial charge in [0.25, 0.3) is 0 Å². The van der Waals surface area contributed by atoms with Crippen molar-refractivity contribution in [2.75, 3.05) is 20.2 Å². The van der Waals surface area contributed by atoms with Gasteiger partial charge in [-0.2, -0.15) is 12.6 Å². The van der Waals surface area contributed by atoms with Crippen molar-refractivity contribution >= 4 is 12.6 Å². The molecule has 2 saturated carbocycles. The van der Waals surface area contributed by atoms with Crippen molar-refractivity contribution in [3.63, 3.8) is 0 Å². The third-order valence-corrected chi connectivity index (χ3v) is 8.36. The summed E-state index contributed by atoms with van der Waals surface area (Å²) in [6, 6.07) is 2.51. The molecular weight excluding hydrogens is 370 g/mol. The first kappa shape index (κ1) is 19.1. The van der Waals surface area contributed by atoms with Crippen LogP contribution in [0.25, 0.3) is 0 Å². The van der Waals surface area contributed by atoms with E-state index in [4.69, 9.17) is 17.4 Å². The number of benzene rings is 1. The Kier molecular flexibility index (Phi) is 4.64. The molecule has 0 spiro atoms. The summed E-state index contributed by atoms with van der Waals surface area (Å²) in [7, 11) is 1.63. The number of aromatic hydroxyl groups is 1. The van der Waals surface area contributed by atoms with Crippen molar-refractivity contribution in [2.45, 2.75) is 74.7 Å². The van der Waals surface area contributed by atoms with E-state index in [1.165, 1.54) is 30.5 Å². The number of fused-ring (bicyclic) bond motifs is 1. The maximum atomic E-state index is 11.2. The van der Waals surface area contributed by atoms with Gasteiger partial charge in [0.05, 0.1) is 13.2 Å². The standard InChI is InChI=1S/C23H33NO3S/c1-13(28)16-10-20(27-2)22(26)21-17(16)9-19-18-6-5-15(25)11-23(18,21)7-8-24(19)12-14-3-4-14/h10,13-15,18-19,25-26,28H,3-9,11-12H2,1-2H3/t13?,15-,18-,19+,23-/m0/s1. The molecule has 5 heteroatoms. The molecule has 5 rings (SSSR count). The number of phenols is 1. The fourth-order valence-corrected chi connectivity index (χ4v) is 6.91. The van der Waals surface area contributed by atoms with Crippen LogP contribution < -0.4 is 4.74 Å². The predicted molar refractivity (Wildman–Crippen MR) is 113 cm³/mol. The number of aliphatic hydroxyl groups is 1. The molecule has 1 unspecified atom stereocenters. The molecule has 3 fully saturated rings. The molecule has 5 atom stereocenters. The largest absolute Gasteiger partial charge is 0.504 e. The third-order valence-electron chi connectivity index (χ3n) is 8.08. The van der Waals surface area contributed by atoms with Crippen LogP contribution in [0.2, 0.25) is 0 Å². The van der Waals surface area contributed by atoms with E-state index in [1.807, 2.05) is 6.07 Å². The number of likely N-dealkylation sites (tertiary alicyclic amines) is 1. The molecule has 4 nitrogen and oxygen atoms in total. The van der Waals surface area contributed by atoms with E-state index in [9.17, 15) is 10.2 Å². The van der Waals surface area contributed by atoms with Crippen molar-refractivity contribution in [2.24, 2.45) is 11.8 Å². The Morgan fingerprint density at radius 3 is 2.79 bits per heavy atom. The highest BCUT2D eigenvalue weighted by atomic mass is 32.1. The maximum Gasteiger partial charge on any atom is 0.161 e. The zero-order chi connectivity index (χ0) is 19.6. The number of ether oxygens (including phenoxy) is 1. The number of hydrogen-bond donors (Lipinski definition) is 3. The van der Waals surface area contributed by atoms with Gasteiger partial charge in [-0.3, -0.25) is 4.90 Å². The van der Waals surface area contributed by atoms with Gasteiger partial charge in [0.1, 0.15) is 0 Å². The van der Waals surface area contributed by atoms with E-state index in [0.717, 1.165) is 50.1 Å². The van der Waals surface area contributed by atoms with Crippen LogP contribution in [0.15, 0.2) is 6.07 Å². The number of rotatable bonds is 4. The Morgan fingerprint density at radius 2 is 2.11 bits per heavy atom. The molecule has 3 aliphatic carbocycles. The number of hydrogen-bond acceptors (Lipinski definition) is 5. The number of nitrogens with zero attached hydrogens (tertiary/aromatic N) is 1. The normalized spacial score (nSPS) is 35.8. The lowest BCUT2D eigenvalue weighted by Crippen LogP contribution is -2.62. The monoisotopic (exact) mass is 403 g/mol. The molecule has 0 radical (unpaired) electrons. The average Bonchev–Trinajstić information content (AvgIpc) is 3.47. The number of phenolic OH excluding ortho intramolecular Hbond substituents is 1. The van der Waals surface area contributed by atoms with Gasteiger partial charge >= 0.3 is 0 Å². The highest BCUT2D eigenvalue weighted by Crippen LogP contribution is 2.60. The number of thiol groups is 1. The highest BCUT2D eigenvalue weighted by molar-refractivity contribution is 7.80. The Labute approximate surface area is 173 Å². The molecule has 0 amide bonds. The van der Waals surface area contributed by atoms with Gasteiger partial charge in [-0.1, -0.05) is 0 Å². The minimum atomic E-state index is -0.277. The Bertz CT molecular complexity index is 778. The van der Waals surface area contributed by atoms with Crippen LogP contribution in [0.5, 0.6) is 11.5 Å². The summed E-state index contributed by atoms with van der Waals surface area (Å²) in [6.07, 6.45) is 7.19. The Morgan fingerprint density at radius 1 is 1.32 bits per heavy atom. The summed E-state index contributed by atoms with van der Waals surface area (Å²) < 4.78 is 5.57. The fraction of sp³-hybridized carbons (Fsp3) is 0.739. The minimum Gasteiger partial charge on any atom is -0.504 e. The first-order valence-corrected chi connectivity index (χ1v) is 11.5. The number of methoxy groups -OCH3 is 1. The molecule has 4 aliphatic rings. The van der Waals surface area contributed by atoms with Gasteiger partial charge in [0.2, 0.25) is 0 Å². The van der Waals surface area contributed by atoms with Crippen molar-refractivity contribution < 1.29 is 14.9 Å². The fourth-order valence-electron chi connectivity index (χ4n) is 6.68. The second-order valence-corrected chi connectivity index (χ2v) is 10.5. The molecule has 2 N–H and O–H groups in total. The van der Waals surface area contributed by atoms with Crippen LogP contribution >= 0.6 is 12.6 Å². The van der Waals surface area contributed by atoms with Crippen molar-refractivity contribution in [3.05, 3.63) is 22.8 Å². The van der Waals surface area contributed by atoms with Crippen LogP contribution in [0, 0.1) is 11.8 Å². The Balaban J connectivity index is 1.69. The minimum absolute atomic E-state index is 0.0855. The lowest BCUT2D eigenvalue weighted by Gasteiger charge is -2.60. The highest BCUT2D eigenvalue weighted by Gasteiger charge is 2.57. The van der Waals surface area contributed by atoms with E-state index >= 15 is 0 Å². The van der Waals surface area contributed by atoms with Gasteiger partial charge < -0.3 is 14.9 Å². The summed E-state index contributed by atoms with van der Waals surface area (Å²) in [5, 5.41) is 22.0. The predicted octanol–water partition coefficient (Wildman–Crippen LogP) is 3.83. The maximum absolute atomic E-state index is 11.2. The van der Waals surface area contributed by atoms with E-state index in [-0.39, 0.29) is 16.8 Å². The quantitative estimate of drug-likeness (QED) is 0.669. The second kappa shape index (κ2) is 6.82. The van der Waals surface area contributed by atoms with Gasteiger partial charge in [0, 0.05) is 28.8 Å². The summed E-state index contributed by atoms with van der Waals surface area (Å²) >= 11 is 4.77. The molecule has 2 bridgehead atoms. The summed E-state index contributed by atoms with van der Waals surface area (Å²) in [5.74, 6) is 2.26. The van der Waals surface area contributed by atoms with Crippen molar-refractivity contribution in [1.29, 1.82) is 0 Å². The molecule has 1 aromatic rings. The van der Waals surface area contributed by atoms with E-state index in [1.54, 1.807) is 7.11 Å². The van der Waals surface area contributed by atoms with Gasteiger partial charge in [0.15, 0.2) is 11.5 Å². The van der Waals surface area contributed by atoms with Crippen molar-refractivity contribution in [1.82, 2.24) is 4.90 Å². The molecule has 0 aromatic heterocycles.